The van der Waals surface area contributed by atoms with E-state index in [0.717, 1.165) is 25.2 Å². The average Bonchev–Trinajstić information content (AvgIpc) is 2.79. The van der Waals surface area contributed by atoms with Gasteiger partial charge in [0.1, 0.15) is 12.2 Å². The van der Waals surface area contributed by atoms with Crippen molar-refractivity contribution in [1.82, 2.24) is 10.3 Å². The summed E-state index contributed by atoms with van der Waals surface area (Å²) in [4.78, 5) is 18.2. The number of aromatic nitrogens is 1. The molecule has 0 spiro atoms. The summed E-state index contributed by atoms with van der Waals surface area (Å²) in [5, 5.41) is 5.03. The Labute approximate surface area is 127 Å². The molecule has 0 aromatic carbocycles. The van der Waals surface area contributed by atoms with Crippen LogP contribution in [-0.4, -0.2) is 42.7 Å². The number of anilines is 2. The minimum atomic E-state index is -4.45. The van der Waals surface area contributed by atoms with Gasteiger partial charge in [0, 0.05) is 19.1 Å². The predicted molar refractivity (Wildman–Crippen MR) is 74.6 cm³/mol. The maximum Gasteiger partial charge on any atom is 0.405 e. The van der Waals surface area contributed by atoms with E-state index in [9.17, 15) is 18.0 Å². The van der Waals surface area contributed by atoms with E-state index in [0.29, 0.717) is 10.3 Å². The zero-order valence-corrected chi connectivity index (χ0v) is 12.4. The molecule has 114 valence electrons. The van der Waals surface area contributed by atoms with E-state index in [1.54, 1.807) is 6.07 Å². The zero-order chi connectivity index (χ0) is 15.2. The lowest BCUT2D eigenvalue weighted by Crippen LogP contribution is -2.36. The molecular weight excluding hydrogens is 353 g/mol. The Balaban J connectivity index is 1.84. The lowest BCUT2D eigenvalue weighted by molar-refractivity contribution is -0.123. The fraction of sp³-hybridized carbons (Fsp3) is 0.500. The van der Waals surface area contributed by atoms with Crippen molar-refractivity contribution < 1.29 is 18.0 Å². The maximum absolute atomic E-state index is 12.2. The van der Waals surface area contributed by atoms with E-state index in [4.69, 9.17) is 0 Å². The van der Waals surface area contributed by atoms with Crippen molar-refractivity contribution in [2.24, 2.45) is 0 Å². The summed E-state index contributed by atoms with van der Waals surface area (Å²) >= 11 is 3.21. The van der Waals surface area contributed by atoms with Gasteiger partial charge in [-0.25, -0.2) is 4.98 Å². The highest BCUT2D eigenvalue weighted by Crippen LogP contribution is 2.36. The standard InChI is InChI=1S/C12H12BrF3N4O/c13-7-3-8-10(18-6-1-2-20(8)4-6)19-9(7)11(21)17-5-12(14,15)16/h3,6H,1-2,4-5H2,(H,17,21)(H,18,19)/t6-/m0/s1. The van der Waals surface area contributed by atoms with Crippen molar-refractivity contribution in [3.63, 3.8) is 0 Å². The first kappa shape index (κ1) is 14.4. The number of nitrogens with zero attached hydrogens (tertiary/aromatic N) is 2. The van der Waals surface area contributed by atoms with Crippen LogP contribution in [0.2, 0.25) is 0 Å². The Hall–Kier alpha value is -1.51. The van der Waals surface area contributed by atoms with Crippen LogP contribution in [0, 0.1) is 0 Å². The van der Waals surface area contributed by atoms with Gasteiger partial charge in [-0.05, 0) is 28.4 Å². The summed E-state index contributed by atoms with van der Waals surface area (Å²) in [6.45, 7) is 0.401. The molecule has 0 saturated carbocycles. The topological polar surface area (TPSA) is 57.3 Å². The van der Waals surface area contributed by atoms with Gasteiger partial charge >= 0.3 is 6.18 Å². The van der Waals surface area contributed by atoms with Gasteiger partial charge in [-0.3, -0.25) is 4.79 Å². The number of halogens is 4. The summed E-state index contributed by atoms with van der Waals surface area (Å²) in [7, 11) is 0. The highest BCUT2D eigenvalue weighted by molar-refractivity contribution is 9.10. The van der Waals surface area contributed by atoms with E-state index in [1.165, 1.54) is 0 Å². The maximum atomic E-state index is 12.2. The zero-order valence-electron chi connectivity index (χ0n) is 10.8. The number of hydrogen-bond donors (Lipinski definition) is 2. The van der Waals surface area contributed by atoms with Crippen molar-refractivity contribution in [1.29, 1.82) is 0 Å². The molecule has 1 aromatic rings. The number of hydrogen-bond acceptors (Lipinski definition) is 4. The molecule has 9 heteroatoms. The third kappa shape index (κ3) is 2.92. The second-order valence-corrected chi connectivity index (χ2v) is 5.91. The molecule has 2 aliphatic heterocycles. The summed E-state index contributed by atoms with van der Waals surface area (Å²) in [6, 6.07) is 2.00. The highest BCUT2D eigenvalue weighted by Gasteiger charge is 2.33. The second kappa shape index (κ2) is 5.04. The first-order valence-electron chi connectivity index (χ1n) is 6.40. The van der Waals surface area contributed by atoms with Gasteiger partial charge in [-0.1, -0.05) is 0 Å². The fourth-order valence-corrected chi connectivity index (χ4v) is 3.03. The van der Waals surface area contributed by atoms with Crippen molar-refractivity contribution in [3.8, 4) is 0 Å². The minimum Gasteiger partial charge on any atom is -0.366 e. The quantitative estimate of drug-likeness (QED) is 0.844. The van der Waals surface area contributed by atoms with Gasteiger partial charge in [0.15, 0.2) is 5.82 Å². The van der Waals surface area contributed by atoms with Crippen LogP contribution in [0.3, 0.4) is 0 Å². The Kier molecular flexibility index (Phi) is 3.46. The molecule has 2 N–H and O–H groups in total. The van der Waals surface area contributed by atoms with E-state index in [2.05, 4.69) is 31.1 Å². The third-order valence-electron chi connectivity index (χ3n) is 3.49. The molecule has 1 saturated heterocycles. The lowest BCUT2D eigenvalue weighted by atomic mass is 10.2. The Morgan fingerprint density at radius 3 is 3.05 bits per heavy atom. The molecule has 0 unspecified atom stereocenters. The van der Waals surface area contributed by atoms with Crippen molar-refractivity contribution in [3.05, 3.63) is 16.2 Å². The lowest BCUT2D eigenvalue weighted by Gasteiger charge is -2.28. The molecule has 1 atom stereocenters. The highest BCUT2D eigenvalue weighted by atomic mass is 79.9. The molecule has 0 aliphatic carbocycles. The van der Waals surface area contributed by atoms with E-state index in [-0.39, 0.29) is 11.7 Å². The van der Waals surface area contributed by atoms with Crippen LogP contribution in [-0.2, 0) is 0 Å². The predicted octanol–water partition coefficient (Wildman–Crippen LogP) is 2.14. The van der Waals surface area contributed by atoms with Crippen LogP contribution in [0.4, 0.5) is 24.7 Å². The van der Waals surface area contributed by atoms with E-state index in [1.807, 2.05) is 5.32 Å². The summed E-state index contributed by atoms with van der Waals surface area (Å²) in [5.41, 5.74) is 0.816. The van der Waals surface area contributed by atoms with Crippen LogP contribution >= 0.6 is 15.9 Å². The molecule has 5 nitrogen and oxygen atoms in total. The number of nitrogens with one attached hydrogen (secondary N) is 2. The molecule has 1 fully saturated rings. The van der Waals surface area contributed by atoms with E-state index >= 15 is 0 Å². The summed E-state index contributed by atoms with van der Waals surface area (Å²) in [5.74, 6) is -0.305. The molecular formula is C12H12BrF3N4O. The largest absolute Gasteiger partial charge is 0.405 e. The molecule has 3 rings (SSSR count). The molecule has 3 heterocycles. The number of amides is 1. The van der Waals surface area contributed by atoms with Gasteiger partial charge in [-0.15, -0.1) is 0 Å². The smallest absolute Gasteiger partial charge is 0.366 e. The fourth-order valence-electron chi connectivity index (χ4n) is 2.54. The van der Waals surface area contributed by atoms with Crippen LogP contribution in [0.25, 0.3) is 0 Å². The molecule has 1 aromatic heterocycles. The Morgan fingerprint density at radius 2 is 2.33 bits per heavy atom. The first-order valence-corrected chi connectivity index (χ1v) is 7.20. The van der Waals surface area contributed by atoms with E-state index < -0.39 is 18.6 Å². The second-order valence-electron chi connectivity index (χ2n) is 5.06. The molecule has 1 amide bonds. The molecule has 0 radical (unpaired) electrons. The summed E-state index contributed by atoms with van der Waals surface area (Å²) < 4.78 is 36.8. The molecule has 21 heavy (non-hydrogen) atoms. The van der Waals surface area contributed by atoms with Crippen molar-refractivity contribution >= 4 is 33.3 Å². The number of alkyl halides is 3. The summed E-state index contributed by atoms with van der Waals surface area (Å²) in [6.07, 6.45) is -3.47. The number of pyridine rings is 1. The van der Waals surface area contributed by atoms with Crippen molar-refractivity contribution in [2.45, 2.75) is 18.6 Å². The number of carbonyl (C=O) groups excluding carboxylic acids is 1. The van der Waals surface area contributed by atoms with Gasteiger partial charge < -0.3 is 15.5 Å². The van der Waals surface area contributed by atoms with Gasteiger partial charge in [0.05, 0.1) is 10.2 Å². The van der Waals surface area contributed by atoms with Gasteiger partial charge in [0.25, 0.3) is 5.91 Å². The Bertz CT molecular complexity index is 593. The van der Waals surface area contributed by atoms with Crippen molar-refractivity contribution in [2.75, 3.05) is 29.9 Å². The molecule has 2 bridgehead atoms. The monoisotopic (exact) mass is 364 g/mol. The minimum absolute atomic E-state index is 0.0481. The van der Waals surface area contributed by atoms with Crippen LogP contribution in [0.15, 0.2) is 10.5 Å². The third-order valence-corrected chi connectivity index (χ3v) is 4.09. The van der Waals surface area contributed by atoms with Gasteiger partial charge in [0.2, 0.25) is 0 Å². The number of rotatable bonds is 2. The normalized spacial score (nSPS) is 20.0. The van der Waals surface area contributed by atoms with Crippen LogP contribution in [0.1, 0.15) is 16.9 Å². The first-order chi connectivity index (χ1) is 9.83. The molecule has 2 aliphatic rings. The average molecular weight is 365 g/mol. The SMILES string of the molecule is O=C(NCC(F)(F)F)c1nc2c(cc1Br)N1CC[C@@H](C1)N2. The van der Waals surface area contributed by atoms with Crippen LogP contribution in [0.5, 0.6) is 0 Å². The Morgan fingerprint density at radius 1 is 1.57 bits per heavy atom. The van der Waals surface area contributed by atoms with Gasteiger partial charge in [-0.2, -0.15) is 13.2 Å². The number of fused-ring (bicyclic) bond motifs is 4. The number of carbonyl (C=O) groups is 1. The van der Waals surface area contributed by atoms with Crippen LogP contribution < -0.4 is 15.5 Å².